The van der Waals surface area contributed by atoms with Crippen LogP contribution in [0.1, 0.15) is 37.2 Å². The largest absolute Gasteiger partial charge is 0.493 e. The van der Waals surface area contributed by atoms with Crippen molar-refractivity contribution in [3.8, 4) is 5.75 Å². The van der Waals surface area contributed by atoms with Crippen molar-refractivity contribution in [2.24, 2.45) is 0 Å². The highest BCUT2D eigenvalue weighted by molar-refractivity contribution is 5.73. The zero-order chi connectivity index (χ0) is 13.2. The molecular formula is C15H19NO3. The second-order valence-corrected chi connectivity index (χ2v) is 5.44. The number of carboxylic acid groups (broad SMARTS) is 1. The maximum atomic E-state index is 11.0. The van der Waals surface area contributed by atoms with E-state index in [1.54, 1.807) is 0 Å². The molecule has 0 saturated carbocycles. The van der Waals surface area contributed by atoms with Crippen LogP contribution in [0.5, 0.6) is 5.75 Å². The fourth-order valence-corrected chi connectivity index (χ4v) is 3.20. The van der Waals surface area contributed by atoms with Gasteiger partial charge in [0.15, 0.2) is 0 Å². The monoisotopic (exact) mass is 261 g/mol. The van der Waals surface area contributed by atoms with Crippen molar-refractivity contribution in [1.29, 1.82) is 0 Å². The van der Waals surface area contributed by atoms with E-state index in [1.807, 2.05) is 18.2 Å². The molecule has 4 heteroatoms. The normalized spacial score (nSPS) is 29.6. The third-order valence-corrected chi connectivity index (χ3v) is 4.19. The van der Waals surface area contributed by atoms with Crippen molar-refractivity contribution >= 4 is 5.97 Å². The molecule has 2 heterocycles. The van der Waals surface area contributed by atoms with Gasteiger partial charge in [-0.1, -0.05) is 18.2 Å². The first-order valence-electron chi connectivity index (χ1n) is 6.94. The number of carboxylic acids is 1. The van der Waals surface area contributed by atoms with E-state index in [0.29, 0.717) is 12.0 Å². The number of fused-ring (bicyclic) bond motifs is 1. The molecule has 0 radical (unpaired) electrons. The topological polar surface area (TPSA) is 58.6 Å². The molecule has 0 aliphatic carbocycles. The molecule has 4 nitrogen and oxygen atoms in total. The molecule has 102 valence electrons. The van der Waals surface area contributed by atoms with E-state index in [1.165, 1.54) is 5.56 Å². The molecule has 0 spiro atoms. The number of ether oxygens (including phenoxy) is 1. The highest BCUT2D eigenvalue weighted by atomic mass is 16.5. The first-order chi connectivity index (χ1) is 9.24. The van der Waals surface area contributed by atoms with Gasteiger partial charge in [-0.25, -0.2) is 0 Å². The third kappa shape index (κ3) is 2.59. The van der Waals surface area contributed by atoms with Gasteiger partial charge in [-0.3, -0.25) is 4.79 Å². The van der Waals surface area contributed by atoms with Crippen LogP contribution in [-0.2, 0) is 4.79 Å². The average Bonchev–Trinajstić information content (AvgIpc) is 2.88. The minimum absolute atomic E-state index is 0.317. The van der Waals surface area contributed by atoms with E-state index in [0.717, 1.165) is 38.0 Å². The summed E-state index contributed by atoms with van der Waals surface area (Å²) in [6, 6.07) is 8.14. The predicted molar refractivity (Wildman–Crippen MR) is 71.5 cm³/mol. The lowest BCUT2D eigenvalue weighted by Crippen LogP contribution is -2.36. The van der Waals surface area contributed by atoms with Crippen molar-refractivity contribution in [2.45, 2.75) is 43.7 Å². The average molecular weight is 261 g/mol. The van der Waals surface area contributed by atoms with Gasteiger partial charge < -0.3 is 15.2 Å². The number of hydrogen-bond acceptors (Lipinski definition) is 3. The van der Waals surface area contributed by atoms with Crippen LogP contribution in [0.4, 0.5) is 0 Å². The van der Waals surface area contributed by atoms with E-state index >= 15 is 0 Å². The molecule has 3 unspecified atom stereocenters. The summed E-state index contributed by atoms with van der Waals surface area (Å²) in [5, 5.41) is 12.2. The van der Waals surface area contributed by atoms with Gasteiger partial charge in [-0.2, -0.15) is 0 Å². The zero-order valence-electron chi connectivity index (χ0n) is 10.8. The summed E-state index contributed by atoms with van der Waals surface area (Å²) in [5.74, 6) is 0.747. The van der Waals surface area contributed by atoms with Gasteiger partial charge in [0.05, 0.1) is 6.61 Å². The Labute approximate surface area is 112 Å². The molecule has 2 aliphatic rings. The fraction of sp³-hybridized carbons (Fsp3) is 0.533. The SMILES string of the molecule is O=C(O)C1CCC(CC2CCOc3ccccc32)N1. The maximum Gasteiger partial charge on any atom is 0.320 e. The Kier molecular flexibility index (Phi) is 3.42. The molecule has 19 heavy (non-hydrogen) atoms. The second kappa shape index (κ2) is 5.21. The number of carbonyl (C=O) groups is 1. The van der Waals surface area contributed by atoms with Crippen molar-refractivity contribution in [3.63, 3.8) is 0 Å². The minimum Gasteiger partial charge on any atom is -0.493 e. The van der Waals surface area contributed by atoms with Gasteiger partial charge in [-0.15, -0.1) is 0 Å². The van der Waals surface area contributed by atoms with Gasteiger partial charge in [0.2, 0.25) is 0 Å². The first-order valence-corrected chi connectivity index (χ1v) is 6.94. The lowest BCUT2D eigenvalue weighted by Gasteiger charge is -2.28. The lowest BCUT2D eigenvalue weighted by molar-refractivity contribution is -0.139. The van der Waals surface area contributed by atoms with Crippen LogP contribution in [0.2, 0.25) is 0 Å². The fourth-order valence-electron chi connectivity index (χ4n) is 3.20. The standard InChI is InChI=1S/C15H19NO3/c17-15(18)13-6-5-11(16-13)9-10-7-8-19-14-4-2-1-3-12(10)14/h1-4,10-11,13,16H,5-9H2,(H,17,18). The van der Waals surface area contributed by atoms with Crippen LogP contribution in [0, 0.1) is 0 Å². The summed E-state index contributed by atoms with van der Waals surface area (Å²) in [6.45, 7) is 0.761. The highest BCUT2D eigenvalue weighted by Gasteiger charge is 2.32. The Balaban J connectivity index is 1.67. The number of aliphatic carboxylic acids is 1. The number of nitrogens with one attached hydrogen (secondary N) is 1. The Hall–Kier alpha value is -1.55. The predicted octanol–water partition coefficient (Wildman–Crippen LogP) is 2.15. The molecule has 0 amide bonds. The Morgan fingerprint density at radius 2 is 2.16 bits per heavy atom. The van der Waals surface area contributed by atoms with Crippen LogP contribution in [0.25, 0.3) is 0 Å². The molecule has 1 aromatic rings. The van der Waals surface area contributed by atoms with Crippen LogP contribution in [0.3, 0.4) is 0 Å². The summed E-state index contributed by atoms with van der Waals surface area (Å²) in [5.41, 5.74) is 1.27. The molecular weight excluding hydrogens is 242 g/mol. The van der Waals surface area contributed by atoms with Gasteiger partial charge >= 0.3 is 5.97 Å². The molecule has 3 rings (SSSR count). The highest BCUT2D eigenvalue weighted by Crippen LogP contribution is 2.37. The van der Waals surface area contributed by atoms with Crippen molar-refractivity contribution in [1.82, 2.24) is 5.32 Å². The zero-order valence-corrected chi connectivity index (χ0v) is 10.8. The Morgan fingerprint density at radius 1 is 1.32 bits per heavy atom. The molecule has 0 aromatic heterocycles. The van der Waals surface area contributed by atoms with Crippen molar-refractivity contribution < 1.29 is 14.6 Å². The summed E-state index contributed by atoms with van der Waals surface area (Å²) in [7, 11) is 0. The minimum atomic E-state index is -0.727. The molecule has 0 bridgehead atoms. The first kappa shape index (κ1) is 12.5. The van der Waals surface area contributed by atoms with Crippen LogP contribution in [-0.4, -0.2) is 29.8 Å². The number of benzene rings is 1. The van der Waals surface area contributed by atoms with Crippen LogP contribution in [0.15, 0.2) is 24.3 Å². The summed E-state index contributed by atoms with van der Waals surface area (Å²) >= 11 is 0. The number of para-hydroxylation sites is 1. The molecule has 2 N–H and O–H groups in total. The van der Waals surface area contributed by atoms with Crippen molar-refractivity contribution in [3.05, 3.63) is 29.8 Å². The van der Waals surface area contributed by atoms with Gasteiger partial charge in [0.1, 0.15) is 11.8 Å². The molecule has 1 fully saturated rings. The summed E-state index contributed by atoms with van der Waals surface area (Å²) in [6.07, 6.45) is 3.72. The summed E-state index contributed by atoms with van der Waals surface area (Å²) < 4.78 is 5.66. The summed E-state index contributed by atoms with van der Waals surface area (Å²) in [4.78, 5) is 11.0. The Morgan fingerprint density at radius 3 is 2.95 bits per heavy atom. The number of rotatable bonds is 3. The smallest absolute Gasteiger partial charge is 0.320 e. The quantitative estimate of drug-likeness (QED) is 0.875. The molecule has 1 aromatic carbocycles. The van der Waals surface area contributed by atoms with Gasteiger partial charge in [-0.05, 0) is 43.2 Å². The Bertz CT molecular complexity index is 474. The van der Waals surface area contributed by atoms with Crippen molar-refractivity contribution in [2.75, 3.05) is 6.61 Å². The van der Waals surface area contributed by atoms with E-state index in [2.05, 4.69) is 11.4 Å². The van der Waals surface area contributed by atoms with E-state index in [4.69, 9.17) is 9.84 Å². The number of hydrogen-bond donors (Lipinski definition) is 2. The van der Waals surface area contributed by atoms with Gasteiger partial charge in [0.25, 0.3) is 0 Å². The second-order valence-electron chi connectivity index (χ2n) is 5.44. The van der Waals surface area contributed by atoms with E-state index in [9.17, 15) is 4.79 Å². The van der Waals surface area contributed by atoms with Gasteiger partial charge in [0, 0.05) is 6.04 Å². The lowest BCUT2D eigenvalue weighted by atomic mass is 9.87. The molecule has 1 saturated heterocycles. The van der Waals surface area contributed by atoms with Crippen LogP contribution < -0.4 is 10.1 Å². The molecule has 3 atom stereocenters. The molecule has 2 aliphatic heterocycles. The van der Waals surface area contributed by atoms with E-state index in [-0.39, 0.29) is 6.04 Å². The van der Waals surface area contributed by atoms with Crippen LogP contribution >= 0.6 is 0 Å². The third-order valence-electron chi connectivity index (χ3n) is 4.19. The van der Waals surface area contributed by atoms with E-state index < -0.39 is 5.97 Å². The maximum absolute atomic E-state index is 11.0.